The zero-order valence-electron chi connectivity index (χ0n) is 9.14. The summed E-state index contributed by atoms with van der Waals surface area (Å²) in [6, 6.07) is 0. The Morgan fingerprint density at radius 3 is 3.00 bits per heavy atom. The monoisotopic (exact) mass is 261 g/mol. The molecule has 2 atom stereocenters. The van der Waals surface area contributed by atoms with Crippen LogP contribution in [0.15, 0.2) is 5.38 Å². The Morgan fingerprint density at radius 1 is 1.75 bits per heavy atom. The van der Waals surface area contributed by atoms with Gasteiger partial charge in [-0.3, -0.25) is 10.2 Å². The van der Waals surface area contributed by atoms with Gasteiger partial charge in [0.05, 0.1) is 11.8 Å². The molecule has 0 aromatic carbocycles. The molecule has 0 saturated carbocycles. The Labute approximate surface area is 102 Å². The second-order valence-electron chi connectivity index (χ2n) is 3.37. The molecule has 0 spiro atoms. The van der Waals surface area contributed by atoms with Gasteiger partial charge >= 0.3 is 0 Å². The highest BCUT2D eigenvalue weighted by molar-refractivity contribution is 7.99. The SMILES string of the molecule is CC(O)C(C)SCc1csc(C(=O)NN)n1. The van der Waals surface area contributed by atoms with E-state index in [0.29, 0.717) is 10.8 Å². The first kappa shape index (κ1) is 13.4. The molecule has 0 fully saturated rings. The number of amides is 1. The third kappa shape index (κ3) is 3.75. The summed E-state index contributed by atoms with van der Waals surface area (Å²) in [4.78, 5) is 15.3. The summed E-state index contributed by atoms with van der Waals surface area (Å²) >= 11 is 2.86. The van der Waals surface area contributed by atoms with E-state index in [1.807, 2.05) is 17.7 Å². The first-order valence-electron chi connectivity index (χ1n) is 4.79. The number of hydrogen-bond acceptors (Lipinski definition) is 6. The number of nitrogen functional groups attached to an aromatic ring is 1. The normalized spacial score (nSPS) is 14.5. The average molecular weight is 261 g/mol. The van der Waals surface area contributed by atoms with Gasteiger partial charge in [0.2, 0.25) is 0 Å². The Morgan fingerprint density at radius 2 is 2.44 bits per heavy atom. The zero-order chi connectivity index (χ0) is 12.1. The second kappa shape index (κ2) is 6.19. The number of nitrogens with zero attached hydrogens (tertiary/aromatic N) is 1. The van der Waals surface area contributed by atoms with Gasteiger partial charge in [-0.15, -0.1) is 23.1 Å². The summed E-state index contributed by atoms with van der Waals surface area (Å²) in [5.74, 6) is 5.31. The van der Waals surface area contributed by atoms with Crippen LogP contribution in [0, 0.1) is 0 Å². The third-order valence-electron chi connectivity index (χ3n) is 2.05. The maximum Gasteiger partial charge on any atom is 0.294 e. The summed E-state index contributed by atoms with van der Waals surface area (Å²) in [5.41, 5.74) is 2.87. The summed E-state index contributed by atoms with van der Waals surface area (Å²) < 4.78 is 0. The highest BCUT2D eigenvalue weighted by Gasteiger charge is 2.12. The molecule has 0 aliphatic heterocycles. The van der Waals surface area contributed by atoms with Crippen LogP contribution in [-0.2, 0) is 5.75 Å². The van der Waals surface area contributed by atoms with Crippen molar-refractivity contribution in [2.75, 3.05) is 0 Å². The Kier molecular flexibility index (Phi) is 5.20. The van der Waals surface area contributed by atoms with Crippen molar-refractivity contribution < 1.29 is 9.90 Å². The Hall–Kier alpha value is -0.630. The van der Waals surface area contributed by atoms with Crippen molar-refractivity contribution in [1.82, 2.24) is 10.4 Å². The van der Waals surface area contributed by atoms with Crippen molar-refractivity contribution >= 4 is 29.0 Å². The lowest BCUT2D eigenvalue weighted by Crippen LogP contribution is -2.29. The highest BCUT2D eigenvalue weighted by Crippen LogP contribution is 2.21. The molecule has 4 N–H and O–H groups in total. The van der Waals surface area contributed by atoms with Crippen LogP contribution in [0.4, 0.5) is 0 Å². The zero-order valence-corrected chi connectivity index (χ0v) is 10.8. The predicted octanol–water partition coefficient (Wildman–Crippen LogP) is 0.749. The summed E-state index contributed by atoms with van der Waals surface area (Å²) in [7, 11) is 0. The molecule has 0 aliphatic rings. The van der Waals surface area contributed by atoms with Crippen LogP contribution in [0.3, 0.4) is 0 Å². The number of thiazole rings is 1. The minimum Gasteiger partial charge on any atom is -0.392 e. The van der Waals surface area contributed by atoms with Crippen LogP contribution in [0.2, 0.25) is 0 Å². The maximum absolute atomic E-state index is 11.1. The molecule has 16 heavy (non-hydrogen) atoms. The molecule has 5 nitrogen and oxygen atoms in total. The molecule has 1 aromatic heterocycles. The van der Waals surface area contributed by atoms with E-state index in [9.17, 15) is 9.90 Å². The number of aromatic nitrogens is 1. The quantitative estimate of drug-likeness (QED) is 0.413. The Balaban J connectivity index is 2.49. The average Bonchev–Trinajstić information content (AvgIpc) is 2.73. The summed E-state index contributed by atoms with van der Waals surface area (Å²) in [6.07, 6.45) is -0.351. The predicted molar refractivity (Wildman–Crippen MR) is 66.2 cm³/mol. The van der Waals surface area contributed by atoms with Crippen molar-refractivity contribution in [2.45, 2.75) is 31.0 Å². The molecule has 1 heterocycles. The van der Waals surface area contributed by atoms with Crippen LogP contribution in [0.25, 0.3) is 0 Å². The van der Waals surface area contributed by atoms with Crippen LogP contribution >= 0.6 is 23.1 Å². The maximum atomic E-state index is 11.1. The van der Waals surface area contributed by atoms with E-state index in [2.05, 4.69) is 4.98 Å². The van der Waals surface area contributed by atoms with E-state index < -0.39 is 0 Å². The molecular weight excluding hydrogens is 246 g/mol. The first-order valence-corrected chi connectivity index (χ1v) is 6.72. The number of rotatable bonds is 5. The lowest BCUT2D eigenvalue weighted by molar-refractivity contribution is 0.0953. The van der Waals surface area contributed by atoms with E-state index >= 15 is 0 Å². The number of nitrogens with two attached hydrogens (primary N) is 1. The van der Waals surface area contributed by atoms with Crippen molar-refractivity contribution in [1.29, 1.82) is 0 Å². The molecule has 0 bridgehead atoms. The Bertz CT molecular complexity index is 354. The molecule has 7 heteroatoms. The fourth-order valence-corrected chi connectivity index (χ4v) is 2.58. The molecule has 2 unspecified atom stereocenters. The van der Waals surface area contributed by atoms with E-state index in [0.717, 1.165) is 5.69 Å². The lowest BCUT2D eigenvalue weighted by atomic mass is 10.3. The number of hydrogen-bond donors (Lipinski definition) is 3. The standard InChI is InChI=1S/C9H15N3O2S2/c1-5(13)6(2)15-3-7-4-16-9(11-7)8(14)12-10/h4-6,13H,3,10H2,1-2H3,(H,12,14). The first-order chi connectivity index (χ1) is 7.54. The number of hydrazine groups is 1. The lowest BCUT2D eigenvalue weighted by Gasteiger charge is -2.12. The van der Waals surface area contributed by atoms with Crippen molar-refractivity contribution in [3.8, 4) is 0 Å². The molecule has 1 aromatic rings. The fourth-order valence-electron chi connectivity index (χ4n) is 0.895. The molecule has 0 aliphatic carbocycles. The van der Waals surface area contributed by atoms with Gasteiger partial charge in [-0.05, 0) is 6.92 Å². The largest absolute Gasteiger partial charge is 0.392 e. The van der Waals surface area contributed by atoms with Crippen molar-refractivity contribution in [3.63, 3.8) is 0 Å². The van der Waals surface area contributed by atoms with Gasteiger partial charge in [0.1, 0.15) is 0 Å². The molecule has 1 amide bonds. The van der Waals surface area contributed by atoms with Crippen LogP contribution < -0.4 is 11.3 Å². The van der Waals surface area contributed by atoms with E-state index in [1.165, 1.54) is 11.3 Å². The number of carbonyl (C=O) groups excluding carboxylic acids is 1. The van der Waals surface area contributed by atoms with Gasteiger partial charge in [-0.1, -0.05) is 6.92 Å². The van der Waals surface area contributed by atoms with Gasteiger partial charge in [0.25, 0.3) is 5.91 Å². The van der Waals surface area contributed by atoms with Gasteiger partial charge in [-0.2, -0.15) is 0 Å². The minimum absolute atomic E-state index is 0.147. The fraction of sp³-hybridized carbons (Fsp3) is 0.556. The van der Waals surface area contributed by atoms with Crippen LogP contribution in [-0.4, -0.2) is 27.4 Å². The second-order valence-corrected chi connectivity index (χ2v) is 5.60. The summed E-state index contributed by atoms with van der Waals surface area (Å²) in [5, 5.41) is 11.6. The van der Waals surface area contributed by atoms with Crippen molar-refractivity contribution in [3.05, 3.63) is 16.1 Å². The smallest absolute Gasteiger partial charge is 0.294 e. The number of aliphatic hydroxyl groups is 1. The summed E-state index contributed by atoms with van der Waals surface area (Å²) in [6.45, 7) is 3.71. The number of thioether (sulfide) groups is 1. The van der Waals surface area contributed by atoms with E-state index in [-0.39, 0.29) is 17.3 Å². The van der Waals surface area contributed by atoms with E-state index in [4.69, 9.17) is 5.84 Å². The van der Waals surface area contributed by atoms with Gasteiger partial charge < -0.3 is 5.11 Å². The number of carbonyl (C=O) groups is 1. The third-order valence-corrected chi connectivity index (χ3v) is 4.32. The van der Waals surface area contributed by atoms with Gasteiger partial charge in [-0.25, -0.2) is 10.8 Å². The van der Waals surface area contributed by atoms with Crippen molar-refractivity contribution in [2.24, 2.45) is 5.84 Å². The molecule has 0 saturated heterocycles. The molecule has 90 valence electrons. The van der Waals surface area contributed by atoms with Crippen LogP contribution in [0.1, 0.15) is 29.3 Å². The molecular formula is C9H15N3O2S2. The van der Waals surface area contributed by atoms with Gasteiger partial charge in [0, 0.05) is 16.4 Å². The minimum atomic E-state index is -0.371. The molecule has 1 rings (SSSR count). The highest BCUT2D eigenvalue weighted by atomic mass is 32.2. The van der Waals surface area contributed by atoms with Crippen LogP contribution in [0.5, 0.6) is 0 Å². The van der Waals surface area contributed by atoms with Gasteiger partial charge in [0.15, 0.2) is 5.01 Å². The number of nitrogens with one attached hydrogen (secondary N) is 1. The topological polar surface area (TPSA) is 88.2 Å². The molecule has 0 radical (unpaired) electrons. The number of aliphatic hydroxyl groups excluding tert-OH is 1. The van der Waals surface area contributed by atoms with E-state index in [1.54, 1.807) is 18.7 Å².